The summed E-state index contributed by atoms with van der Waals surface area (Å²) < 4.78 is 5.40. The van der Waals surface area contributed by atoms with Gasteiger partial charge in [0.15, 0.2) is 0 Å². The van der Waals surface area contributed by atoms with Crippen LogP contribution in [0.3, 0.4) is 0 Å². The van der Waals surface area contributed by atoms with Crippen molar-refractivity contribution in [3.63, 3.8) is 0 Å². The summed E-state index contributed by atoms with van der Waals surface area (Å²) in [5.41, 5.74) is 1.31. The Morgan fingerprint density at radius 3 is 2.63 bits per heavy atom. The van der Waals surface area contributed by atoms with Crippen LogP contribution in [0.5, 0.6) is 0 Å². The van der Waals surface area contributed by atoms with Crippen molar-refractivity contribution in [1.82, 2.24) is 10.2 Å². The molecule has 19 heavy (non-hydrogen) atoms. The lowest BCUT2D eigenvalue weighted by molar-refractivity contribution is -0.119. The topological polar surface area (TPSA) is 41.6 Å². The van der Waals surface area contributed by atoms with Gasteiger partial charge in [-0.05, 0) is 12.0 Å². The smallest absolute Gasteiger partial charge is 0.216 e. The van der Waals surface area contributed by atoms with E-state index < -0.39 is 0 Å². The van der Waals surface area contributed by atoms with Crippen LogP contribution in [-0.4, -0.2) is 49.7 Å². The molecule has 1 aliphatic heterocycles. The number of carbonyl (C=O) groups excluding carboxylic acids is 1. The summed E-state index contributed by atoms with van der Waals surface area (Å²) in [6.07, 6.45) is 0.959. The third-order valence-electron chi connectivity index (χ3n) is 3.46. The highest BCUT2D eigenvalue weighted by Crippen LogP contribution is 2.10. The van der Waals surface area contributed by atoms with Gasteiger partial charge in [-0.1, -0.05) is 30.3 Å². The zero-order chi connectivity index (χ0) is 13.5. The first kappa shape index (κ1) is 14.0. The summed E-state index contributed by atoms with van der Waals surface area (Å²) in [5, 5.41) is 2.94. The van der Waals surface area contributed by atoms with E-state index in [0.29, 0.717) is 12.6 Å². The summed E-state index contributed by atoms with van der Waals surface area (Å²) in [7, 11) is 0. The fraction of sp³-hybridized carbons (Fsp3) is 0.533. The Balaban J connectivity index is 1.98. The summed E-state index contributed by atoms with van der Waals surface area (Å²) in [4.78, 5) is 13.5. The number of amides is 1. The minimum Gasteiger partial charge on any atom is -0.379 e. The van der Waals surface area contributed by atoms with Crippen LogP contribution in [0.4, 0.5) is 0 Å². The van der Waals surface area contributed by atoms with Gasteiger partial charge in [-0.3, -0.25) is 9.69 Å². The van der Waals surface area contributed by atoms with Crippen molar-refractivity contribution in [3.05, 3.63) is 35.9 Å². The van der Waals surface area contributed by atoms with E-state index in [4.69, 9.17) is 4.74 Å². The van der Waals surface area contributed by atoms with E-state index >= 15 is 0 Å². The van der Waals surface area contributed by atoms with Crippen molar-refractivity contribution in [2.45, 2.75) is 19.4 Å². The predicted molar refractivity (Wildman–Crippen MR) is 75.0 cm³/mol. The molecule has 1 unspecified atom stereocenters. The summed E-state index contributed by atoms with van der Waals surface area (Å²) in [5.74, 6) is 0.0336. The lowest BCUT2D eigenvalue weighted by atomic mass is 10.0. The number of hydrogen-bond donors (Lipinski definition) is 1. The Hall–Kier alpha value is -1.39. The van der Waals surface area contributed by atoms with Gasteiger partial charge in [0.1, 0.15) is 0 Å². The molecule has 1 N–H and O–H groups in total. The van der Waals surface area contributed by atoms with Crippen LogP contribution in [0.2, 0.25) is 0 Å². The Morgan fingerprint density at radius 1 is 1.32 bits per heavy atom. The summed E-state index contributed by atoms with van der Waals surface area (Å²) in [6, 6.07) is 10.8. The number of carbonyl (C=O) groups is 1. The second-order valence-electron chi connectivity index (χ2n) is 4.93. The number of benzene rings is 1. The van der Waals surface area contributed by atoms with E-state index in [-0.39, 0.29) is 5.91 Å². The van der Waals surface area contributed by atoms with Gasteiger partial charge in [0.2, 0.25) is 5.91 Å². The number of hydrogen-bond acceptors (Lipinski definition) is 3. The van der Waals surface area contributed by atoms with Crippen molar-refractivity contribution < 1.29 is 9.53 Å². The maximum Gasteiger partial charge on any atom is 0.216 e. The van der Waals surface area contributed by atoms with E-state index in [2.05, 4.69) is 34.5 Å². The van der Waals surface area contributed by atoms with Gasteiger partial charge in [0.05, 0.1) is 13.2 Å². The van der Waals surface area contributed by atoms with Crippen molar-refractivity contribution in [1.29, 1.82) is 0 Å². The molecular formula is C15H22N2O2. The first-order chi connectivity index (χ1) is 9.25. The molecule has 1 atom stereocenters. The molecule has 0 radical (unpaired) electrons. The quantitative estimate of drug-likeness (QED) is 0.863. The van der Waals surface area contributed by atoms with Crippen LogP contribution in [0.15, 0.2) is 30.3 Å². The van der Waals surface area contributed by atoms with Crippen molar-refractivity contribution in [2.24, 2.45) is 0 Å². The SMILES string of the molecule is CC(=O)NCC(Cc1ccccc1)N1CCOCC1. The Bertz CT molecular complexity index is 388. The highest BCUT2D eigenvalue weighted by molar-refractivity contribution is 5.72. The lowest BCUT2D eigenvalue weighted by Crippen LogP contribution is -2.49. The van der Waals surface area contributed by atoms with Crippen molar-refractivity contribution in [2.75, 3.05) is 32.8 Å². The predicted octanol–water partition coefficient (Wildman–Crippen LogP) is 1.07. The molecule has 104 valence electrons. The zero-order valence-corrected chi connectivity index (χ0v) is 11.5. The standard InChI is InChI=1S/C15H22N2O2/c1-13(18)16-12-15(17-7-9-19-10-8-17)11-14-5-3-2-4-6-14/h2-6,15H,7-12H2,1H3,(H,16,18). The monoisotopic (exact) mass is 262 g/mol. The van der Waals surface area contributed by atoms with Crippen molar-refractivity contribution >= 4 is 5.91 Å². The first-order valence-electron chi connectivity index (χ1n) is 6.86. The zero-order valence-electron chi connectivity index (χ0n) is 11.5. The molecular weight excluding hydrogens is 240 g/mol. The van der Waals surface area contributed by atoms with Crippen LogP contribution in [0, 0.1) is 0 Å². The highest BCUT2D eigenvalue weighted by atomic mass is 16.5. The molecule has 4 nitrogen and oxygen atoms in total. The minimum atomic E-state index is 0.0336. The van der Waals surface area contributed by atoms with Gasteiger partial charge in [0.25, 0.3) is 0 Å². The van der Waals surface area contributed by atoms with Crippen LogP contribution in [0.25, 0.3) is 0 Å². The molecule has 1 fully saturated rings. The molecule has 4 heteroatoms. The van der Waals surface area contributed by atoms with Crippen LogP contribution in [0.1, 0.15) is 12.5 Å². The molecule has 1 saturated heterocycles. The van der Waals surface area contributed by atoms with Crippen LogP contribution in [-0.2, 0) is 16.0 Å². The third-order valence-corrected chi connectivity index (χ3v) is 3.46. The summed E-state index contributed by atoms with van der Waals surface area (Å²) >= 11 is 0. The molecule has 0 aliphatic carbocycles. The second kappa shape index (κ2) is 7.26. The average Bonchev–Trinajstić information content (AvgIpc) is 2.45. The van der Waals surface area contributed by atoms with E-state index in [1.165, 1.54) is 5.56 Å². The molecule has 1 aliphatic rings. The van der Waals surface area contributed by atoms with E-state index in [0.717, 1.165) is 32.7 Å². The Morgan fingerprint density at radius 2 is 2.00 bits per heavy atom. The Labute approximate surface area is 114 Å². The highest BCUT2D eigenvalue weighted by Gasteiger charge is 2.21. The molecule has 1 aromatic carbocycles. The number of nitrogens with zero attached hydrogens (tertiary/aromatic N) is 1. The second-order valence-corrected chi connectivity index (χ2v) is 4.93. The number of ether oxygens (including phenoxy) is 1. The van der Waals surface area contributed by atoms with E-state index in [9.17, 15) is 4.79 Å². The molecule has 1 heterocycles. The maximum atomic E-state index is 11.1. The molecule has 0 aromatic heterocycles. The number of rotatable bonds is 5. The van der Waals surface area contributed by atoms with Crippen molar-refractivity contribution in [3.8, 4) is 0 Å². The molecule has 2 rings (SSSR count). The summed E-state index contributed by atoms with van der Waals surface area (Å²) in [6.45, 7) is 5.72. The Kier molecular flexibility index (Phi) is 5.36. The first-order valence-corrected chi connectivity index (χ1v) is 6.86. The maximum absolute atomic E-state index is 11.1. The molecule has 0 spiro atoms. The van der Waals surface area contributed by atoms with Gasteiger partial charge >= 0.3 is 0 Å². The lowest BCUT2D eigenvalue weighted by Gasteiger charge is -2.34. The normalized spacial score (nSPS) is 17.9. The molecule has 1 amide bonds. The largest absolute Gasteiger partial charge is 0.379 e. The number of morpholine rings is 1. The van der Waals surface area contributed by atoms with Crippen LogP contribution >= 0.6 is 0 Å². The van der Waals surface area contributed by atoms with E-state index in [1.54, 1.807) is 6.92 Å². The fourth-order valence-corrected chi connectivity index (χ4v) is 2.42. The average molecular weight is 262 g/mol. The molecule has 0 saturated carbocycles. The fourth-order valence-electron chi connectivity index (χ4n) is 2.42. The molecule has 0 bridgehead atoms. The van der Waals surface area contributed by atoms with E-state index in [1.807, 2.05) is 6.07 Å². The van der Waals surface area contributed by atoms with Gasteiger partial charge in [-0.25, -0.2) is 0 Å². The number of nitrogens with one attached hydrogen (secondary N) is 1. The third kappa shape index (κ3) is 4.65. The molecule has 1 aromatic rings. The van der Waals surface area contributed by atoms with Crippen LogP contribution < -0.4 is 5.32 Å². The van der Waals surface area contributed by atoms with Gasteiger partial charge in [-0.2, -0.15) is 0 Å². The van der Waals surface area contributed by atoms with Gasteiger partial charge in [-0.15, -0.1) is 0 Å². The minimum absolute atomic E-state index is 0.0336. The van der Waals surface area contributed by atoms with Gasteiger partial charge < -0.3 is 10.1 Å². The van der Waals surface area contributed by atoms with Gasteiger partial charge in [0, 0.05) is 32.6 Å².